The van der Waals surface area contributed by atoms with Gasteiger partial charge in [-0.05, 0) is 29.5 Å². The van der Waals surface area contributed by atoms with Crippen LogP contribution in [0.5, 0.6) is 0 Å². The van der Waals surface area contributed by atoms with Crippen LogP contribution in [0.4, 0.5) is 0 Å². The van der Waals surface area contributed by atoms with Gasteiger partial charge in [0.1, 0.15) is 0 Å². The van der Waals surface area contributed by atoms with Gasteiger partial charge in [-0.15, -0.1) is 0 Å². The van der Waals surface area contributed by atoms with Crippen LogP contribution in [0.3, 0.4) is 0 Å². The van der Waals surface area contributed by atoms with Gasteiger partial charge in [0.25, 0.3) is 0 Å². The Balaban J connectivity index is 2.17. The number of aliphatic carboxylic acids is 1. The molecule has 0 saturated carbocycles. The Hall–Kier alpha value is -1.57. The number of rotatable bonds is 3. The molecule has 78 valence electrons. The Bertz CT molecular complexity index is 418. The van der Waals surface area contributed by atoms with Gasteiger partial charge in [0.05, 0.1) is 5.92 Å². The number of carboxylic acid groups (broad SMARTS) is 1. The van der Waals surface area contributed by atoms with Crippen LogP contribution in [-0.4, -0.2) is 11.1 Å². The SMILES string of the molecule is C[C@@H](CC1=CCc2ccccc21)C(=O)O. The zero-order chi connectivity index (χ0) is 10.8. The standard InChI is InChI=1S/C13H14O2/c1-9(13(14)15)8-11-7-6-10-4-2-3-5-12(10)11/h2-5,7,9H,6,8H2,1H3,(H,14,15)/t9-/m0/s1. The number of carbonyl (C=O) groups is 1. The average molecular weight is 202 g/mol. The van der Waals surface area contributed by atoms with Crippen LogP contribution in [0.2, 0.25) is 0 Å². The number of carboxylic acids is 1. The molecule has 0 aromatic heterocycles. The van der Waals surface area contributed by atoms with Gasteiger partial charge in [-0.2, -0.15) is 0 Å². The molecule has 2 nitrogen and oxygen atoms in total. The lowest BCUT2D eigenvalue weighted by molar-refractivity contribution is -0.140. The van der Waals surface area contributed by atoms with Crippen molar-refractivity contribution in [2.24, 2.45) is 5.92 Å². The lowest BCUT2D eigenvalue weighted by atomic mass is 9.97. The summed E-state index contributed by atoms with van der Waals surface area (Å²) in [7, 11) is 0. The third-order valence-electron chi connectivity index (χ3n) is 2.88. The van der Waals surface area contributed by atoms with Crippen molar-refractivity contribution in [1.82, 2.24) is 0 Å². The minimum Gasteiger partial charge on any atom is -0.481 e. The lowest BCUT2D eigenvalue weighted by Gasteiger charge is -2.08. The van der Waals surface area contributed by atoms with Crippen molar-refractivity contribution in [1.29, 1.82) is 0 Å². The van der Waals surface area contributed by atoms with Crippen molar-refractivity contribution in [2.75, 3.05) is 0 Å². The van der Waals surface area contributed by atoms with Gasteiger partial charge in [0.15, 0.2) is 0 Å². The van der Waals surface area contributed by atoms with Gasteiger partial charge in [-0.25, -0.2) is 0 Å². The molecule has 0 amide bonds. The zero-order valence-electron chi connectivity index (χ0n) is 8.73. The molecule has 0 radical (unpaired) electrons. The molecule has 1 aromatic rings. The fraction of sp³-hybridized carbons (Fsp3) is 0.308. The summed E-state index contributed by atoms with van der Waals surface area (Å²) in [6.07, 6.45) is 3.72. The maximum Gasteiger partial charge on any atom is 0.306 e. The van der Waals surface area contributed by atoms with Gasteiger partial charge in [0.2, 0.25) is 0 Å². The second-order valence-corrected chi connectivity index (χ2v) is 4.03. The van der Waals surface area contributed by atoms with Gasteiger partial charge < -0.3 is 5.11 Å². The van der Waals surface area contributed by atoms with Crippen LogP contribution in [0.25, 0.3) is 5.57 Å². The molecule has 1 aliphatic rings. The summed E-state index contributed by atoms with van der Waals surface area (Å²) < 4.78 is 0. The Labute approximate surface area is 89.2 Å². The van der Waals surface area contributed by atoms with E-state index in [2.05, 4.69) is 18.2 Å². The third-order valence-corrected chi connectivity index (χ3v) is 2.88. The van der Waals surface area contributed by atoms with Crippen LogP contribution >= 0.6 is 0 Å². The van der Waals surface area contributed by atoms with E-state index in [4.69, 9.17) is 5.11 Å². The van der Waals surface area contributed by atoms with Crippen LogP contribution in [-0.2, 0) is 11.2 Å². The van der Waals surface area contributed by atoms with E-state index in [0.717, 1.165) is 6.42 Å². The highest BCUT2D eigenvalue weighted by atomic mass is 16.4. The number of hydrogen-bond acceptors (Lipinski definition) is 1. The summed E-state index contributed by atoms with van der Waals surface area (Å²) in [5, 5.41) is 8.86. The molecule has 2 heteroatoms. The summed E-state index contributed by atoms with van der Waals surface area (Å²) >= 11 is 0. The molecular formula is C13H14O2. The van der Waals surface area contributed by atoms with Crippen molar-refractivity contribution in [2.45, 2.75) is 19.8 Å². The van der Waals surface area contributed by atoms with Crippen LogP contribution in [0.1, 0.15) is 24.5 Å². The summed E-state index contributed by atoms with van der Waals surface area (Å²) in [6, 6.07) is 8.20. The van der Waals surface area contributed by atoms with Crippen molar-refractivity contribution in [3.8, 4) is 0 Å². The van der Waals surface area contributed by atoms with E-state index in [1.54, 1.807) is 6.92 Å². The van der Waals surface area contributed by atoms with Crippen molar-refractivity contribution in [3.63, 3.8) is 0 Å². The molecule has 2 rings (SSSR count). The van der Waals surface area contributed by atoms with Crippen molar-refractivity contribution < 1.29 is 9.90 Å². The van der Waals surface area contributed by atoms with Crippen LogP contribution < -0.4 is 0 Å². The molecule has 0 bridgehead atoms. The number of allylic oxidation sites excluding steroid dienone is 2. The molecule has 0 aliphatic heterocycles. The second-order valence-electron chi connectivity index (χ2n) is 4.03. The van der Waals surface area contributed by atoms with E-state index in [-0.39, 0.29) is 5.92 Å². The van der Waals surface area contributed by atoms with Gasteiger partial charge in [-0.1, -0.05) is 37.3 Å². The Kier molecular flexibility index (Phi) is 2.58. The maximum atomic E-state index is 10.8. The third kappa shape index (κ3) is 1.94. The predicted octanol–water partition coefficient (Wildman–Crippen LogP) is 2.74. The first-order valence-electron chi connectivity index (χ1n) is 5.18. The molecule has 1 atom stereocenters. The smallest absolute Gasteiger partial charge is 0.306 e. The molecule has 1 N–H and O–H groups in total. The fourth-order valence-corrected chi connectivity index (χ4v) is 1.97. The lowest BCUT2D eigenvalue weighted by Crippen LogP contribution is -2.09. The monoisotopic (exact) mass is 202 g/mol. The van der Waals surface area contributed by atoms with E-state index < -0.39 is 5.97 Å². The fourth-order valence-electron chi connectivity index (χ4n) is 1.97. The Morgan fingerprint density at radius 2 is 2.20 bits per heavy atom. The highest BCUT2D eigenvalue weighted by Gasteiger charge is 2.18. The van der Waals surface area contributed by atoms with E-state index >= 15 is 0 Å². The highest BCUT2D eigenvalue weighted by Crippen LogP contribution is 2.31. The number of benzene rings is 1. The molecular weight excluding hydrogens is 188 g/mol. The van der Waals surface area contributed by atoms with Gasteiger partial charge >= 0.3 is 5.97 Å². The summed E-state index contributed by atoms with van der Waals surface area (Å²) in [4.78, 5) is 10.8. The minimum absolute atomic E-state index is 0.303. The topological polar surface area (TPSA) is 37.3 Å². The van der Waals surface area contributed by atoms with Crippen molar-refractivity contribution >= 4 is 11.5 Å². The highest BCUT2D eigenvalue weighted by molar-refractivity contribution is 5.78. The first-order valence-corrected chi connectivity index (χ1v) is 5.18. The van der Waals surface area contributed by atoms with Crippen LogP contribution in [0.15, 0.2) is 30.3 Å². The van der Waals surface area contributed by atoms with E-state index in [1.165, 1.54) is 16.7 Å². The molecule has 15 heavy (non-hydrogen) atoms. The maximum absolute atomic E-state index is 10.8. The normalized spacial score (nSPS) is 15.7. The zero-order valence-corrected chi connectivity index (χ0v) is 8.73. The van der Waals surface area contributed by atoms with E-state index in [0.29, 0.717) is 6.42 Å². The first kappa shape index (κ1) is 9.97. The largest absolute Gasteiger partial charge is 0.481 e. The molecule has 0 fully saturated rings. The molecule has 1 aliphatic carbocycles. The second kappa shape index (κ2) is 3.89. The molecule has 0 saturated heterocycles. The number of fused-ring (bicyclic) bond motifs is 1. The number of hydrogen-bond donors (Lipinski definition) is 1. The molecule has 0 heterocycles. The van der Waals surface area contributed by atoms with Gasteiger partial charge in [-0.3, -0.25) is 4.79 Å². The summed E-state index contributed by atoms with van der Waals surface area (Å²) in [5.41, 5.74) is 3.72. The summed E-state index contributed by atoms with van der Waals surface area (Å²) in [6.45, 7) is 1.75. The quantitative estimate of drug-likeness (QED) is 0.818. The van der Waals surface area contributed by atoms with Crippen molar-refractivity contribution in [3.05, 3.63) is 41.5 Å². The Morgan fingerprint density at radius 3 is 2.93 bits per heavy atom. The predicted molar refractivity (Wildman–Crippen MR) is 59.5 cm³/mol. The first-order chi connectivity index (χ1) is 7.18. The van der Waals surface area contributed by atoms with Crippen LogP contribution in [0, 0.1) is 5.92 Å². The van der Waals surface area contributed by atoms with Gasteiger partial charge in [0, 0.05) is 0 Å². The van der Waals surface area contributed by atoms with E-state index in [1.807, 2.05) is 12.1 Å². The minimum atomic E-state index is -0.722. The molecule has 1 aromatic carbocycles. The summed E-state index contributed by atoms with van der Waals surface area (Å²) in [5.74, 6) is -1.03. The molecule has 0 unspecified atom stereocenters. The molecule has 0 spiro atoms. The van der Waals surface area contributed by atoms with E-state index in [9.17, 15) is 4.79 Å². The Morgan fingerprint density at radius 1 is 1.47 bits per heavy atom. The average Bonchev–Trinajstić information content (AvgIpc) is 2.62.